The number of likely N-dealkylation sites (tertiary alicyclic amines) is 1. The van der Waals surface area contributed by atoms with E-state index in [4.69, 9.17) is 0 Å². The summed E-state index contributed by atoms with van der Waals surface area (Å²) in [6.45, 7) is 0.988. The lowest BCUT2D eigenvalue weighted by Gasteiger charge is -2.17. The van der Waals surface area contributed by atoms with Crippen LogP contribution in [0.25, 0.3) is 0 Å². The largest absolute Gasteiger partial charge is 0.356 e. The summed E-state index contributed by atoms with van der Waals surface area (Å²) in [5, 5.41) is 2.96. The molecule has 3 amide bonds. The van der Waals surface area contributed by atoms with E-state index in [0.29, 0.717) is 19.5 Å². The number of nitrogens with zero attached hydrogens (tertiary/aromatic N) is 1. The number of hydrogen-bond donors (Lipinski definition) is 1. The minimum Gasteiger partial charge on any atom is -0.356 e. The maximum atomic E-state index is 12.5. The molecule has 1 aliphatic heterocycles. The fourth-order valence-corrected chi connectivity index (χ4v) is 4.97. The monoisotopic (exact) mass is 316 g/mol. The SMILES string of the molecule is O=C(NCCCN1C(=O)C2C3C=CC(C3)C2C1=O)C1CCCC1. The molecule has 1 N–H and O–H groups in total. The Bertz CT molecular complexity index is 535. The number of hydrogen-bond acceptors (Lipinski definition) is 3. The first kappa shape index (κ1) is 14.9. The van der Waals surface area contributed by atoms with Gasteiger partial charge in [-0.15, -0.1) is 0 Å². The van der Waals surface area contributed by atoms with Crippen LogP contribution < -0.4 is 5.32 Å². The first-order valence-electron chi connectivity index (χ1n) is 8.98. The molecule has 3 aliphatic carbocycles. The molecule has 0 aromatic rings. The molecule has 0 radical (unpaired) electrons. The lowest BCUT2D eigenvalue weighted by molar-refractivity contribution is -0.140. The molecule has 4 unspecified atom stereocenters. The molecular weight excluding hydrogens is 292 g/mol. The average Bonchev–Trinajstić information content (AvgIpc) is 3.30. The Morgan fingerprint density at radius 3 is 2.30 bits per heavy atom. The van der Waals surface area contributed by atoms with Crippen molar-refractivity contribution in [3.05, 3.63) is 12.2 Å². The number of rotatable bonds is 5. The van der Waals surface area contributed by atoms with Gasteiger partial charge in [-0.2, -0.15) is 0 Å². The third kappa shape index (κ3) is 2.41. The second-order valence-electron chi connectivity index (χ2n) is 7.45. The Morgan fingerprint density at radius 2 is 1.70 bits per heavy atom. The van der Waals surface area contributed by atoms with Gasteiger partial charge in [-0.1, -0.05) is 25.0 Å². The summed E-state index contributed by atoms with van der Waals surface area (Å²) in [5.74, 6) is 0.669. The highest BCUT2D eigenvalue weighted by Gasteiger charge is 2.58. The van der Waals surface area contributed by atoms with Crippen molar-refractivity contribution in [2.24, 2.45) is 29.6 Å². The predicted molar refractivity (Wildman–Crippen MR) is 84.0 cm³/mol. The maximum Gasteiger partial charge on any atom is 0.233 e. The van der Waals surface area contributed by atoms with Crippen molar-refractivity contribution in [2.45, 2.75) is 38.5 Å². The maximum absolute atomic E-state index is 12.5. The molecule has 124 valence electrons. The van der Waals surface area contributed by atoms with Gasteiger partial charge < -0.3 is 5.32 Å². The standard InChI is InChI=1S/C18H24N2O3/c21-16(11-4-1-2-5-11)19-8-3-9-20-17(22)14-12-6-7-13(10-12)15(14)18(20)23/h6-7,11-15H,1-5,8-10H2,(H,19,21). The van der Waals surface area contributed by atoms with Crippen LogP contribution in [0.5, 0.6) is 0 Å². The Kier molecular flexibility index (Phi) is 3.74. The van der Waals surface area contributed by atoms with Gasteiger partial charge in [0.1, 0.15) is 0 Å². The number of fused-ring (bicyclic) bond motifs is 5. The van der Waals surface area contributed by atoms with E-state index in [-0.39, 0.29) is 47.3 Å². The van der Waals surface area contributed by atoms with Crippen LogP contribution in [-0.2, 0) is 14.4 Å². The van der Waals surface area contributed by atoms with E-state index in [2.05, 4.69) is 17.5 Å². The first-order chi connectivity index (χ1) is 11.2. The van der Waals surface area contributed by atoms with E-state index in [1.807, 2.05) is 0 Å². The van der Waals surface area contributed by atoms with E-state index < -0.39 is 0 Å². The molecule has 23 heavy (non-hydrogen) atoms. The number of carbonyl (C=O) groups is 3. The van der Waals surface area contributed by atoms with Crippen molar-refractivity contribution in [3.8, 4) is 0 Å². The Morgan fingerprint density at radius 1 is 1.09 bits per heavy atom. The van der Waals surface area contributed by atoms with Gasteiger partial charge in [0, 0.05) is 19.0 Å². The summed E-state index contributed by atoms with van der Waals surface area (Å²) in [5.41, 5.74) is 0. The molecule has 2 bridgehead atoms. The molecule has 1 heterocycles. The van der Waals surface area contributed by atoms with Gasteiger partial charge >= 0.3 is 0 Å². The van der Waals surface area contributed by atoms with Crippen molar-refractivity contribution in [3.63, 3.8) is 0 Å². The Balaban J connectivity index is 1.26. The summed E-state index contributed by atoms with van der Waals surface area (Å²) in [6, 6.07) is 0. The van der Waals surface area contributed by atoms with Gasteiger partial charge in [0.25, 0.3) is 0 Å². The second-order valence-corrected chi connectivity index (χ2v) is 7.45. The fraction of sp³-hybridized carbons (Fsp3) is 0.722. The molecule has 2 saturated carbocycles. The smallest absolute Gasteiger partial charge is 0.233 e. The van der Waals surface area contributed by atoms with Crippen LogP contribution in [0.4, 0.5) is 0 Å². The van der Waals surface area contributed by atoms with Crippen molar-refractivity contribution in [1.82, 2.24) is 10.2 Å². The topological polar surface area (TPSA) is 66.5 Å². The molecule has 4 rings (SSSR count). The zero-order valence-corrected chi connectivity index (χ0v) is 13.4. The summed E-state index contributed by atoms with van der Waals surface area (Å²) in [4.78, 5) is 38.4. The molecule has 5 heteroatoms. The highest BCUT2D eigenvalue weighted by molar-refractivity contribution is 6.06. The fourth-order valence-electron chi connectivity index (χ4n) is 4.97. The van der Waals surface area contributed by atoms with Gasteiger partial charge in [-0.3, -0.25) is 19.3 Å². The minimum atomic E-state index is -0.106. The van der Waals surface area contributed by atoms with Crippen LogP contribution in [0.1, 0.15) is 38.5 Å². The lowest BCUT2D eigenvalue weighted by atomic mass is 9.85. The third-order valence-electron chi connectivity index (χ3n) is 6.15. The van der Waals surface area contributed by atoms with Crippen molar-refractivity contribution < 1.29 is 14.4 Å². The van der Waals surface area contributed by atoms with Crippen LogP contribution >= 0.6 is 0 Å². The number of allylic oxidation sites excluding steroid dienone is 2. The van der Waals surface area contributed by atoms with Crippen LogP contribution in [-0.4, -0.2) is 35.7 Å². The average molecular weight is 316 g/mol. The Labute approximate surface area is 136 Å². The van der Waals surface area contributed by atoms with Gasteiger partial charge in [-0.25, -0.2) is 0 Å². The van der Waals surface area contributed by atoms with E-state index in [9.17, 15) is 14.4 Å². The Hall–Kier alpha value is -1.65. The number of carbonyl (C=O) groups excluding carboxylic acids is 3. The molecule has 0 aromatic carbocycles. The summed E-state index contributed by atoms with van der Waals surface area (Å²) in [6.07, 6.45) is 10.1. The van der Waals surface area contributed by atoms with Crippen LogP contribution in [0.2, 0.25) is 0 Å². The molecule has 4 aliphatic rings. The van der Waals surface area contributed by atoms with Gasteiger partial charge in [0.2, 0.25) is 17.7 Å². The van der Waals surface area contributed by atoms with Gasteiger partial charge in [0.05, 0.1) is 11.8 Å². The van der Waals surface area contributed by atoms with Gasteiger partial charge in [0.15, 0.2) is 0 Å². The number of nitrogens with one attached hydrogen (secondary N) is 1. The quantitative estimate of drug-likeness (QED) is 0.475. The molecule has 4 atom stereocenters. The van der Waals surface area contributed by atoms with Crippen LogP contribution in [0.3, 0.4) is 0 Å². The molecule has 1 saturated heterocycles. The molecular formula is C18H24N2O3. The second kappa shape index (κ2) is 5.77. The molecule has 0 aromatic heterocycles. The molecule has 0 spiro atoms. The summed E-state index contributed by atoms with van der Waals surface area (Å²) in [7, 11) is 0. The minimum absolute atomic E-state index is 0.0129. The first-order valence-corrected chi connectivity index (χ1v) is 8.98. The van der Waals surface area contributed by atoms with Crippen LogP contribution in [0, 0.1) is 29.6 Å². The normalized spacial score (nSPS) is 35.4. The molecule has 3 fully saturated rings. The van der Waals surface area contributed by atoms with Crippen molar-refractivity contribution in [1.29, 1.82) is 0 Å². The van der Waals surface area contributed by atoms with Crippen molar-refractivity contribution in [2.75, 3.05) is 13.1 Å². The van der Waals surface area contributed by atoms with E-state index in [1.165, 1.54) is 4.90 Å². The molecule has 5 nitrogen and oxygen atoms in total. The summed E-state index contributed by atoms with van der Waals surface area (Å²) < 4.78 is 0. The van der Waals surface area contributed by atoms with Crippen LogP contribution in [0.15, 0.2) is 12.2 Å². The lowest BCUT2D eigenvalue weighted by Crippen LogP contribution is -2.36. The third-order valence-corrected chi connectivity index (χ3v) is 6.15. The van der Waals surface area contributed by atoms with E-state index >= 15 is 0 Å². The van der Waals surface area contributed by atoms with Crippen molar-refractivity contribution >= 4 is 17.7 Å². The highest BCUT2D eigenvalue weighted by atomic mass is 16.2. The summed E-state index contributed by atoms with van der Waals surface area (Å²) >= 11 is 0. The zero-order chi connectivity index (χ0) is 16.0. The number of imide groups is 1. The highest BCUT2D eigenvalue weighted by Crippen LogP contribution is 2.52. The van der Waals surface area contributed by atoms with Gasteiger partial charge in [-0.05, 0) is 37.5 Å². The number of amides is 3. The van der Waals surface area contributed by atoms with E-state index in [1.54, 1.807) is 0 Å². The predicted octanol–water partition coefficient (Wildman–Crippen LogP) is 1.49. The van der Waals surface area contributed by atoms with E-state index in [0.717, 1.165) is 32.1 Å². The zero-order valence-electron chi connectivity index (χ0n) is 13.4.